The molecule has 0 aliphatic rings. The van der Waals surface area contributed by atoms with Crippen LogP contribution in [0.3, 0.4) is 0 Å². The van der Waals surface area contributed by atoms with Gasteiger partial charge in [-0.05, 0) is 78.9 Å². The number of hydrogen-bond acceptors (Lipinski definition) is 8. The number of phenols is 1. The van der Waals surface area contributed by atoms with E-state index in [-0.39, 0.29) is 11.4 Å². The summed E-state index contributed by atoms with van der Waals surface area (Å²) in [6.45, 7) is 2.41. The summed E-state index contributed by atoms with van der Waals surface area (Å²) in [6, 6.07) is 10.4. The van der Waals surface area contributed by atoms with Crippen molar-refractivity contribution in [1.29, 1.82) is 0 Å². The van der Waals surface area contributed by atoms with Crippen molar-refractivity contribution in [3.8, 4) is 5.75 Å². The Bertz CT molecular complexity index is 1040. The Morgan fingerprint density at radius 1 is 1.00 bits per heavy atom. The van der Waals surface area contributed by atoms with Crippen molar-refractivity contribution in [2.45, 2.75) is 55.9 Å². The van der Waals surface area contributed by atoms with Crippen LogP contribution in [-0.2, 0) is 30.8 Å². The molecule has 0 heterocycles. The van der Waals surface area contributed by atoms with Gasteiger partial charge in [0.1, 0.15) is 0 Å². The number of rotatable bonds is 19. The molecular weight excluding hydrogens is 491 g/mol. The number of halogens is 1. The highest BCUT2D eigenvalue weighted by Crippen LogP contribution is 2.20. The number of aliphatic hydroxyl groups excluding tert-OH is 1. The molecule has 0 amide bonds. The maximum atomic E-state index is 13.3. The third-order valence-electron chi connectivity index (χ3n) is 5.51. The number of carbonyl (C=O) groups excluding carboxylic acids is 1. The van der Waals surface area contributed by atoms with Gasteiger partial charge in [0.05, 0.1) is 11.0 Å². The second-order valence-corrected chi connectivity index (χ2v) is 10.0. The quantitative estimate of drug-likeness (QED) is 0.125. The van der Waals surface area contributed by atoms with Crippen molar-refractivity contribution in [3.05, 3.63) is 59.4 Å². The van der Waals surface area contributed by atoms with Crippen molar-refractivity contribution in [2.75, 3.05) is 26.3 Å². The van der Waals surface area contributed by atoms with E-state index in [4.69, 9.17) is 4.74 Å². The standard InChI is InChI=1S/C25H35FN2O7S/c26-23-17-21(11-12-24(23)30)25(31)18-27-13-4-1-2-5-14-34-15-6-3-8-20-9-7-10-22(16-20)36(32,33)28-35-19-29/h7,9-12,16-17,19,25,27-28,30-31H,1-6,8,13-15,18H2/t25-/m1/s1. The van der Waals surface area contributed by atoms with Gasteiger partial charge in [-0.25, -0.2) is 12.8 Å². The maximum absolute atomic E-state index is 13.3. The largest absolute Gasteiger partial charge is 0.505 e. The van der Waals surface area contributed by atoms with Crippen LogP contribution in [0.4, 0.5) is 4.39 Å². The average molecular weight is 527 g/mol. The zero-order valence-electron chi connectivity index (χ0n) is 20.2. The van der Waals surface area contributed by atoms with Crippen molar-refractivity contribution in [2.24, 2.45) is 0 Å². The minimum absolute atomic E-state index is 0.0123. The molecule has 2 rings (SSSR count). The summed E-state index contributed by atoms with van der Waals surface area (Å²) in [4.78, 5) is 16.1. The molecule has 0 saturated heterocycles. The van der Waals surface area contributed by atoms with E-state index < -0.39 is 27.7 Å². The van der Waals surface area contributed by atoms with Gasteiger partial charge in [0.25, 0.3) is 10.0 Å². The third-order valence-corrected chi connectivity index (χ3v) is 6.70. The van der Waals surface area contributed by atoms with Crippen molar-refractivity contribution in [1.82, 2.24) is 10.2 Å². The fraction of sp³-hybridized carbons (Fsp3) is 0.480. The summed E-state index contributed by atoms with van der Waals surface area (Å²) in [6.07, 6.45) is 5.60. The molecule has 2 aromatic carbocycles. The van der Waals surface area contributed by atoms with E-state index in [1.54, 1.807) is 17.0 Å². The van der Waals surface area contributed by atoms with Crippen LogP contribution in [0.15, 0.2) is 47.4 Å². The summed E-state index contributed by atoms with van der Waals surface area (Å²) in [5.41, 5.74) is 1.30. The molecule has 9 nitrogen and oxygen atoms in total. The lowest BCUT2D eigenvalue weighted by molar-refractivity contribution is -0.131. The molecule has 1 atom stereocenters. The summed E-state index contributed by atoms with van der Waals surface area (Å²) >= 11 is 0. The number of phenolic OH excluding ortho intramolecular Hbond substituents is 1. The molecule has 0 aliphatic carbocycles. The Labute approximate surface area is 211 Å². The predicted molar refractivity (Wildman–Crippen MR) is 132 cm³/mol. The average Bonchev–Trinajstić information content (AvgIpc) is 2.87. The Morgan fingerprint density at radius 3 is 2.50 bits per heavy atom. The first kappa shape index (κ1) is 29.7. The third kappa shape index (κ3) is 11.0. The topological polar surface area (TPSA) is 134 Å². The molecule has 0 spiro atoms. The van der Waals surface area contributed by atoms with E-state index in [1.165, 1.54) is 18.2 Å². The van der Waals surface area contributed by atoms with E-state index in [9.17, 15) is 27.8 Å². The number of nitrogens with one attached hydrogen (secondary N) is 2. The smallest absolute Gasteiger partial charge is 0.314 e. The van der Waals surface area contributed by atoms with Crippen molar-refractivity contribution in [3.63, 3.8) is 0 Å². The Kier molecular flexibility index (Phi) is 13.4. The first-order valence-corrected chi connectivity index (χ1v) is 13.5. The SMILES string of the molecule is O=CONS(=O)(=O)c1cccc(CCCCOCCCCCCNC[C@@H](O)c2ccc(O)c(F)c2)c1. The van der Waals surface area contributed by atoms with Crippen LogP contribution >= 0.6 is 0 Å². The van der Waals surface area contributed by atoms with E-state index in [0.717, 1.165) is 56.7 Å². The molecular formula is C25H35FN2O7S. The number of hydrogen-bond donors (Lipinski definition) is 4. The molecule has 0 bridgehead atoms. The van der Waals surface area contributed by atoms with Crippen molar-refractivity contribution < 1.29 is 37.4 Å². The van der Waals surface area contributed by atoms with Gasteiger partial charge in [0, 0.05) is 19.8 Å². The molecule has 4 N–H and O–H groups in total. The zero-order chi connectivity index (χ0) is 26.2. The molecule has 200 valence electrons. The normalized spacial score (nSPS) is 12.4. The van der Waals surface area contributed by atoms with E-state index in [1.807, 2.05) is 6.07 Å². The number of aliphatic hydroxyl groups is 1. The molecule has 0 saturated carbocycles. The lowest BCUT2D eigenvalue weighted by atomic mass is 10.1. The maximum Gasteiger partial charge on any atom is 0.314 e. The number of sulfonamides is 1. The fourth-order valence-corrected chi connectivity index (χ4v) is 4.36. The second-order valence-electron chi connectivity index (χ2n) is 8.36. The van der Waals surface area contributed by atoms with Crippen molar-refractivity contribution >= 4 is 16.5 Å². The van der Waals surface area contributed by atoms with Gasteiger partial charge in [0.2, 0.25) is 0 Å². The highest BCUT2D eigenvalue weighted by Gasteiger charge is 2.14. The van der Waals surface area contributed by atoms with Gasteiger partial charge < -0.3 is 25.1 Å². The van der Waals surface area contributed by atoms with Crippen LogP contribution in [0, 0.1) is 5.82 Å². The van der Waals surface area contributed by atoms with Gasteiger partial charge in [-0.2, -0.15) is 0 Å². The van der Waals surface area contributed by atoms with Crippen LogP contribution in [0.5, 0.6) is 5.75 Å². The van der Waals surface area contributed by atoms with Crippen LogP contribution in [0.2, 0.25) is 0 Å². The summed E-state index contributed by atoms with van der Waals surface area (Å²) in [7, 11) is -3.88. The number of benzene rings is 2. The summed E-state index contributed by atoms with van der Waals surface area (Å²) < 4.78 is 43.0. The lowest BCUT2D eigenvalue weighted by Gasteiger charge is -2.12. The summed E-state index contributed by atoms with van der Waals surface area (Å²) in [5, 5.41) is 22.4. The highest BCUT2D eigenvalue weighted by molar-refractivity contribution is 7.89. The number of aromatic hydroxyl groups is 1. The molecule has 0 aromatic heterocycles. The molecule has 0 radical (unpaired) electrons. The Morgan fingerprint density at radius 2 is 1.75 bits per heavy atom. The Hall–Kier alpha value is -2.57. The zero-order valence-corrected chi connectivity index (χ0v) is 21.0. The van der Waals surface area contributed by atoms with Gasteiger partial charge in [0.15, 0.2) is 11.6 Å². The molecule has 11 heteroatoms. The lowest BCUT2D eigenvalue weighted by Crippen LogP contribution is -2.23. The molecule has 2 aromatic rings. The highest BCUT2D eigenvalue weighted by atomic mass is 32.2. The number of unbranched alkanes of at least 4 members (excludes halogenated alkanes) is 4. The van der Waals surface area contributed by atoms with E-state index in [2.05, 4.69) is 10.2 Å². The minimum Gasteiger partial charge on any atom is -0.505 e. The van der Waals surface area contributed by atoms with E-state index in [0.29, 0.717) is 31.7 Å². The number of aryl methyl sites for hydroxylation is 1. The minimum atomic E-state index is -3.88. The van der Waals surface area contributed by atoms with Crippen LogP contribution in [0.1, 0.15) is 55.8 Å². The second kappa shape index (κ2) is 16.2. The van der Waals surface area contributed by atoms with Gasteiger partial charge >= 0.3 is 6.47 Å². The van der Waals surface area contributed by atoms with Crippen LogP contribution < -0.4 is 10.2 Å². The first-order chi connectivity index (χ1) is 17.3. The predicted octanol–water partition coefficient (Wildman–Crippen LogP) is 3.12. The summed E-state index contributed by atoms with van der Waals surface area (Å²) in [5.74, 6) is -1.17. The van der Waals surface area contributed by atoms with E-state index >= 15 is 0 Å². The molecule has 36 heavy (non-hydrogen) atoms. The Balaban J connectivity index is 1.45. The first-order valence-electron chi connectivity index (χ1n) is 12.0. The molecule has 0 fully saturated rings. The van der Waals surface area contributed by atoms with Gasteiger partial charge in [-0.3, -0.25) is 4.79 Å². The molecule has 0 aliphatic heterocycles. The number of ether oxygens (including phenoxy) is 1. The van der Waals surface area contributed by atoms with Crippen LogP contribution in [-0.4, -0.2) is 51.4 Å². The van der Waals surface area contributed by atoms with Gasteiger partial charge in [-0.1, -0.05) is 31.0 Å². The fourth-order valence-electron chi connectivity index (χ4n) is 3.53. The molecule has 0 unspecified atom stereocenters. The number of carbonyl (C=O) groups is 1. The van der Waals surface area contributed by atoms with Crippen LogP contribution in [0.25, 0.3) is 0 Å². The monoisotopic (exact) mass is 526 g/mol. The van der Waals surface area contributed by atoms with Gasteiger partial charge in [-0.15, -0.1) is 0 Å².